The summed E-state index contributed by atoms with van der Waals surface area (Å²) < 4.78 is 4.84. The van der Waals surface area contributed by atoms with Crippen LogP contribution in [0.5, 0.6) is 0 Å². The molecule has 0 aromatic heterocycles. The van der Waals surface area contributed by atoms with Crippen LogP contribution in [0.15, 0.2) is 24.3 Å². The molecule has 0 aliphatic rings. The molecule has 1 unspecified atom stereocenters. The fourth-order valence-corrected chi connectivity index (χ4v) is 1.56. The van der Waals surface area contributed by atoms with Crippen LogP contribution in [0.25, 0.3) is 0 Å². The van der Waals surface area contributed by atoms with Crippen LogP contribution in [-0.4, -0.2) is 32.0 Å². The molecule has 1 aromatic carbocycles. The molecule has 0 spiro atoms. The van der Waals surface area contributed by atoms with Gasteiger partial charge in [0, 0.05) is 7.11 Å². The Morgan fingerprint density at radius 1 is 1.11 bits per heavy atom. The van der Waals surface area contributed by atoms with Gasteiger partial charge in [-0.1, -0.05) is 38.1 Å². The molecule has 0 aliphatic heterocycles. The molecule has 0 saturated heterocycles. The molecule has 18 heavy (non-hydrogen) atoms. The quantitative estimate of drug-likeness (QED) is 0.549. The molecule has 4 nitrogen and oxygen atoms in total. The van der Waals surface area contributed by atoms with Crippen molar-refractivity contribution in [3.8, 4) is 0 Å². The van der Waals surface area contributed by atoms with Gasteiger partial charge in [-0.3, -0.25) is 4.84 Å². The fourth-order valence-electron chi connectivity index (χ4n) is 1.56. The number of methoxy groups -OCH3 is 1. The lowest BCUT2D eigenvalue weighted by molar-refractivity contribution is -0.0112. The van der Waals surface area contributed by atoms with Gasteiger partial charge in [-0.15, -0.1) is 0 Å². The van der Waals surface area contributed by atoms with Crippen molar-refractivity contribution in [2.24, 2.45) is 0 Å². The summed E-state index contributed by atoms with van der Waals surface area (Å²) in [6, 6.07) is 8.01. The number of nitrogens with one attached hydrogen (secondary N) is 1. The zero-order chi connectivity index (χ0) is 13.4. The summed E-state index contributed by atoms with van der Waals surface area (Å²) in [5, 5.41) is 9.93. The van der Waals surface area contributed by atoms with Crippen molar-refractivity contribution < 1.29 is 14.7 Å². The smallest absolute Gasteiger partial charge is 0.0937 e. The Morgan fingerprint density at radius 2 is 1.72 bits per heavy atom. The summed E-state index contributed by atoms with van der Waals surface area (Å²) >= 11 is 0. The van der Waals surface area contributed by atoms with Crippen molar-refractivity contribution >= 4 is 0 Å². The minimum Gasteiger partial charge on any atom is -0.387 e. The topological polar surface area (TPSA) is 50.7 Å². The summed E-state index contributed by atoms with van der Waals surface area (Å²) in [5.41, 5.74) is 4.89. The second-order valence-corrected chi connectivity index (χ2v) is 4.53. The second-order valence-electron chi connectivity index (χ2n) is 4.53. The average Bonchev–Trinajstić information content (AvgIpc) is 2.38. The van der Waals surface area contributed by atoms with Gasteiger partial charge in [0.25, 0.3) is 0 Å². The van der Waals surface area contributed by atoms with E-state index in [1.807, 2.05) is 12.1 Å². The molecule has 1 rings (SSSR count). The van der Waals surface area contributed by atoms with Gasteiger partial charge < -0.3 is 9.84 Å². The molecule has 0 aliphatic carbocycles. The fraction of sp³-hybridized carbons (Fsp3) is 0.571. The van der Waals surface area contributed by atoms with Crippen LogP contribution in [-0.2, 0) is 9.57 Å². The number of ether oxygens (including phenoxy) is 1. The second kappa shape index (κ2) is 8.21. The van der Waals surface area contributed by atoms with E-state index < -0.39 is 6.10 Å². The van der Waals surface area contributed by atoms with E-state index in [4.69, 9.17) is 9.57 Å². The first-order chi connectivity index (χ1) is 8.65. The predicted octanol–water partition coefficient (Wildman–Crippen LogP) is 2.01. The lowest BCUT2D eigenvalue weighted by atomic mass is 10.00. The number of aliphatic hydroxyl groups excluding tert-OH is 1. The van der Waals surface area contributed by atoms with Gasteiger partial charge in [0.1, 0.15) is 0 Å². The third-order valence-electron chi connectivity index (χ3n) is 2.76. The van der Waals surface area contributed by atoms with E-state index in [2.05, 4.69) is 31.5 Å². The summed E-state index contributed by atoms with van der Waals surface area (Å²) in [6.45, 7) is 5.67. The lowest BCUT2D eigenvalue weighted by Gasteiger charge is -2.13. The molecule has 4 heteroatoms. The third kappa shape index (κ3) is 5.14. The first-order valence-electron chi connectivity index (χ1n) is 6.26. The van der Waals surface area contributed by atoms with Crippen LogP contribution in [0.3, 0.4) is 0 Å². The largest absolute Gasteiger partial charge is 0.387 e. The molecule has 0 fully saturated rings. The number of hydrogen-bond donors (Lipinski definition) is 2. The van der Waals surface area contributed by atoms with Crippen LogP contribution < -0.4 is 5.48 Å². The number of benzene rings is 1. The normalized spacial score (nSPS) is 12.9. The van der Waals surface area contributed by atoms with Crippen molar-refractivity contribution in [1.82, 2.24) is 5.48 Å². The highest BCUT2D eigenvalue weighted by Crippen LogP contribution is 2.18. The van der Waals surface area contributed by atoms with Gasteiger partial charge in [0.05, 0.1) is 25.9 Å². The third-order valence-corrected chi connectivity index (χ3v) is 2.76. The van der Waals surface area contributed by atoms with Crippen molar-refractivity contribution in [2.75, 3.05) is 26.9 Å². The highest BCUT2D eigenvalue weighted by molar-refractivity contribution is 5.26. The highest BCUT2D eigenvalue weighted by atomic mass is 16.7. The van der Waals surface area contributed by atoms with E-state index in [1.165, 1.54) is 5.56 Å². The zero-order valence-electron chi connectivity index (χ0n) is 11.3. The molecular weight excluding hydrogens is 230 g/mol. The lowest BCUT2D eigenvalue weighted by Crippen LogP contribution is -2.23. The number of hydroxylamine groups is 1. The van der Waals surface area contributed by atoms with Crippen LogP contribution in [0.1, 0.15) is 37.0 Å². The van der Waals surface area contributed by atoms with Gasteiger partial charge >= 0.3 is 0 Å². The Balaban J connectivity index is 2.34. The highest BCUT2D eigenvalue weighted by Gasteiger charge is 2.07. The Bertz CT molecular complexity index is 324. The van der Waals surface area contributed by atoms with Crippen LogP contribution in [0.4, 0.5) is 0 Å². The average molecular weight is 253 g/mol. The maximum Gasteiger partial charge on any atom is 0.0937 e. The molecule has 0 heterocycles. The van der Waals surface area contributed by atoms with Crippen molar-refractivity contribution in [2.45, 2.75) is 25.9 Å². The Kier molecular flexibility index (Phi) is 6.90. The SMILES string of the molecule is COCCONCC(O)c1ccc(C(C)C)cc1. The predicted molar refractivity (Wildman–Crippen MR) is 71.3 cm³/mol. The minimum absolute atomic E-state index is 0.366. The summed E-state index contributed by atoms with van der Waals surface area (Å²) in [4.78, 5) is 5.09. The van der Waals surface area contributed by atoms with Crippen LogP contribution in [0, 0.1) is 0 Å². The summed E-state index contributed by atoms with van der Waals surface area (Å²) in [6.07, 6.45) is -0.561. The maximum atomic E-state index is 9.93. The molecule has 2 N–H and O–H groups in total. The first-order valence-corrected chi connectivity index (χ1v) is 6.26. The van der Waals surface area contributed by atoms with E-state index in [9.17, 15) is 5.11 Å². The molecular formula is C14H23NO3. The number of hydrogen-bond acceptors (Lipinski definition) is 4. The summed E-state index contributed by atoms with van der Waals surface area (Å²) in [7, 11) is 1.62. The Labute approximate surface area is 109 Å². The van der Waals surface area contributed by atoms with Crippen LogP contribution in [0.2, 0.25) is 0 Å². The van der Waals surface area contributed by atoms with Crippen molar-refractivity contribution in [3.63, 3.8) is 0 Å². The van der Waals surface area contributed by atoms with E-state index >= 15 is 0 Å². The van der Waals surface area contributed by atoms with E-state index in [0.717, 1.165) is 5.56 Å². The molecule has 0 saturated carbocycles. The van der Waals surface area contributed by atoms with Gasteiger partial charge in [0.2, 0.25) is 0 Å². The van der Waals surface area contributed by atoms with Gasteiger partial charge in [-0.05, 0) is 17.0 Å². The monoisotopic (exact) mass is 253 g/mol. The van der Waals surface area contributed by atoms with Gasteiger partial charge in [0.15, 0.2) is 0 Å². The standard InChI is InChI=1S/C14H23NO3/c1-11(2)12-4-6-13(7-5-12)14(16)10-15-18-9-8-17-3/h4-7,11,14-16H,8-10H2,1-3H3. The molecule has 0 bridgehead atoms. The molecule has 1 aromatic rings. The van der Waals surface area contributed by atoms with E-state index in [1.54, 1.807) is 7.11 Å². The maximum absolute atomic E-state index is 9.93. The molecule has 102 valence electrons. The van der Waals surface area contributed by atoms with E-state index in [-0.39, 0.29) is 0 Å². The molecule has 1 atom stereocenters. The van der Waals surface area contributed by atoms with Crippen LogP contribution >= 0.6 is 0 Å². The number of rotatable bonds is 8. The number of aliphatic hydroxyl groups is 1. The first kappa shape index (κ1) is 15.1. The Hall–Kier alpha value is -0.940. The van der Waals surface area contributed by atoms with Gasteiger partial charge in [-0.2, -0.15) is 5.48 Å². The molecule has 0 radical (unpaired) electrons. The molecule has 0 amide bonds. The van der Waals surface area contributed by atoms with Gasteiger partial charge in [-0.25, -0.2) is 0 Å². The summed E-state index contributed by atoms with van der Waals surface area (Å²) in [5.74, 6) is 0.506. The van der Waals surface area contributed by atoms with Crippen molar-refractivity contribution in [1.29, 1.82) is 0 Å². The van der Waals surface area contributed by atoms with E-state index in [0.29, 0.717) is 25.7 Å². The Morgan fingerprint density at radius 3 is 2.28 bits per heavy atom. The van der Waals surface area contributed by atoms with Crippen molar-refractivity contribution in [3.05, 3.63) is 35.4 Å². The zero-order valence-corrected chi connectivity index (χ0v) is 11.3. The minimum atomic E-state index is -0.561.